The summed E-state index contributed by atoms with van der Waals surface area (Å²) in [7, 11) is 0. The van der Waals surface area contributed by atoms with Crippen LogP contribution in [-0.2, 0) is 6.54 Å². The minimum atomic E-state index is -0.388. The first-order valence-electron chi connectivity index (χ1n) is 9.06. The molecule has 0 fully saturated rings. The Hall–Kier alpha value is -3.21. The summed E-state index contributed by atoms with van der Waals surface area (Å²) in [6.07, 6.45) is 4.82. The van der Waals surface area contributed by atoms with Crippen molar-refractivity contribution in [1.82, 2.24) is 4.57 Å². The second-order valence-corrected chi connectivity index (χ2v) is 7.05. The lowest BCUT2D eigenvalue weighted by Gasteiger charge is -2.10. The molecule has 2 N–H and O–H groups in total. The lowest BCUT2D eigenvalue weighted by molar-refractivity contribution is 0.101. The van der Waals surface area contributed by atoms with Crippen molar-refractivity contribution in [3.8, 4) is 17.2 Å². The number of aromatic hydroxyl groups is 2. The van der Waals surface area contributed by atoms with E-state index in [4.69, 9.17) is 4.74 Å². The van der Waals surface area contributed by atoms with Crippen LogP contribution in [-0.4, -0.2) is 20.6 Å². The molecular formula is C22H21NO4. The Morgan fingerprint density at radius 2 is 2.00 bits per heavy atom. The Morgan fingerprint density at radius 3 is 2.78 bits per heavy atom. The fourth-order valence-electron chi connectivity index (χ4n) is 3.43. The molecule has 27 heavy (non-hydrogen) atoms. The first-order chi connectivity index (χ1) is 13.0. The quantitative estimate of drug-likeness (QED) is 0.658. The third kappa shape index (κ3) is 2.95. The van der Waals surface area contributed by atoms with Crippen molar-refractivity contribution in [2.45, 2.75) is 26.8 Å². The highest BCUT2D eigenvalue weighted by Gasteiger charge is 2.31. The Morgan fingerprint density at radius 1 is 1.22 bits per heavy atom. The van der Waals surface area contributed by atoms with Gasteiger partial charge in [-0.15, -0.1) is 0 Å². The molecule has 0 bridgehead atoms. The van der Waals surface area contributed by atoms with E-state index in [2.05, 4.69) is 24.5 Å². The van der Waals surface area contributed by atoms with Crippen molar-refractivity contribution in [2.75, 3.05) is 0 Å². The van der Waals surface area contributed by atoms with Gasteiger partial charge in [-0.2, -0.15) is 0 Å². The third-order valence-electron chi connectivity index (χ3n) is 5.05. The van der Waals surface area contributed by atoms with Gasteiger partial charge in [-0.1, -0.05) is 38.5 Å². The molecule has 0 saturated heterocycles. The van der Waals surface area contributed by atoms with Gasteiger partial charge in [0.05, 0.1) is 0 Å². The van der Waals surface area contributed by atoms with Crippen LogP contribution in [0.4, 0.5) is 0 Å². The molecule has 4 rings (SSSR count). The molecule has 3 aromatic rings. The molecule has 138 valence electrons. The lowest BCUT2D eigenvalue weighted by atomic mass is 10.1. The third-order valence-corrected chi connectivity index (χ3v) is 5.05. The van der Waals surface area contributed by atoms with Gasteiger partial charge < -0.3 is 19.5 Å². The number of rotatable bonds is 4. The van der Waals surface area contributed by atoms with Crippen LogP contribution in [0.25, 0.3) is 17.0 Å². The normalized spacial score (nSPS) is 15.9. The fraction of sp³-hybridized carbons (Fsp3) is 0.227. The molecule has 1 aliphatic heterocycles. The molecule has 5 nitrogen and oxygen atoms in total. The van der Waals surface area contributed by atoms with Gasteiger partial charge in [0.1, 0.15) is 22.8 Å². The van der Waals surface area contributed by atoms with E-state index in [1.165, 1.54) is 6.07 Å². The molecule has 1 atom stereocenters. The number of phenols is 2. The van der Waals surface area contributed by atoms with Crippen molar-refractivity contribution in [1.29, 1.82) is 0 Å². The predicted octanol–water partition coefficient (Wildman–Crippen LogP) is 4.71. The number of hydrogen-bond acceptors (Lipinski definition) is 4. The summed E-state index contributed by atoms with van der Waals surface area (Å²) in [5.74, 6) is 0.0311. The zero-order valence-electron chi connectivity index (χ0n) is 15.3. The molecule has 0 amide bonds. The van der Waals surface area contributed by atoms with Gasteiger partial charge in [0.25, 0.3) is 0 Å². The van der Waals surface area contributed by atoms with E-state index in [1.54, 1.807) is 6.08 Å². The summed E-state index contributed by atoms with van der Waals surface area (Å²) in [4.78, 5) is 12.7. The largest absolute Gasteiger partial charge is 0.508 e. The van der Waals surface area contributed by atoms with Crippen LogP contribution in [0.1, 0.15) is 36.2 Å². The number of fused-ring (bicyclic) bond motifs is 2. The second-order valence-electron chi connectivity index (χ2n) is 7.05. The van der Waals surface area contributed by atoms with Crippen LogP contribution in [0.15, 0.2) is 48.4 Å². The molecule has 0 saturated carbocycles. The number of hydrogen-bond donors (Lipinski definition) is 2. The fourth-order valence-corrected chi connectivity index (χ4v) is 3.43. The minimum absolute atomic E-state index is 0.0855. The summed E-state index contributed by atoms with van der Waals surface area (Å²) in [6.45, 7) is 5.27. The van der Waals surface area contributed by atoms with E-state index < -0.39 is 0 Å². The molecule has 1 aliphatic rings. The van der Waals surface area contributed by atoms with Crippen LogP contribution >= 0.6 is 0 Å². The number of carbonyl (C=O) groups is 1. The zero-order valence-corrected chi connectivity index (χ0v) is 15.3. The Labute approximate surface area is 157 Å². The van der Waals surface area contributed by atoms with Gasteiger partial charge in [0, 0.05) is 41.3 Å². The first kappa shape index (κ1) is 17.2. The topological polar surface area (TPSA) is 71.7 Å². The molecule has 0 spiro atoms. The molecule has 5 heteroatoms. The number of ketones is 1. The number of nitrogens with zero attached hydrogens (tertiary/aromatic N) is 1. The standard InChI is InChI=1S/C22H21NO4/c1-3-13(2)11-23-12-14(16-6-4-5-7-17(16)23)8-20-22(26)21-18(25)9-15(24)10-19(21)27-20/h4-10,12-13,24-25H,3,11H2,1-2H3/b20-8-/t13-/m0/s1. The van der Waals surface area contributed by atoms with E-state index in [0.717, 1.165) is 35.5 Å². The second kappa shape index (κ2) is 6.50. The average molecular weight is 363 g/mol. The number of ether oxygens (including phenoxy) is 1. The molecule has 1 aromatic heterocycles. The molecule has 0 aliphatic carbocycles. The van der Waals surface area contributed by atoms with Gasteiger partial charge in [-0.3, -0.25) is 4.79 Å². The Balaban J connectivity index is 1.78. The lowest BCUT2D eigenvalue weighted by Crippen LogP contribution is -2.05. The van der Waals surface area contributed by atoms with Crippen molar-refractivity contribution in [3.05, 3.63) is 59.5 Å². The van der Waals surface area contributed by atoms with Gasteiger partial charge >= 0.3 is 0 Å². The highest BCUT2D eigenvalue weighted by atomic mass is 16.5. The number of benzene rings is 2. The maximum absolute atomic E-state index is 12.7. The highest BCUT2D eigenvalue weighted by molar-refractivity contribution is 6.16. The summed E-state index contributed by atoms with van der Waals surface area (Å²) >= 11 is 0. The minimum Gasteiger partial charge on any atom is -0.508 e. The van der Waals surface area contributed by atoms with Gasteiger partial charge in [-0.25, -0.2) is 0 Å². The van der Waals surface area contributed by atoms with Crippen molar-refractivity contribution in [2.24, 2.45) is 5.92 Å². The number of para-hydroxylation sites is 1. The number of allylic oxidation sites excluding steroid dienone is 1. The van der Waals surface area contributed by atoms with Gasteiger partial charge in [-0.05, 0) is 18.1 Å². The summed E-state index contributed by atoms with van der Waals surface area (Å²) in [5, 5.41) is 20.6. The highest BCUT2D eigenvalue weighted by Crippen LogP contribution is 2.41. The molecule has 0 unspecified atom stereocenters. The number of Topliss-reactive ketones (excluding diaryl/α,β-unsaturated/α-hetero) is 1. The van der Waals surface area contributed by atoms with Gasteiger partial charge in [0.2, 0.25) is 5.78 Å². The maximum atomic E-state index is 12.7. The summed E-state index contributed by atoms with van der Waals surface area (Å²) < 4.78 is 7.83. The Kier molecular flexibility index (Phi) is 4.15. The van der Waals surface area contributed by atoms with Crippen LogP contribution < -0.4 is 4.74 Å². The van der Waals surface area contributed by atoms with E-state index in [9.17, 15) is 15.0 Å². The first-order valence-corrected chi connectivity index (χ1v) is 9.06. The van der Waals surface area contributed by atoms with E-state index in [0.29, 0.717) is 5.92 Å². The van der Waals surface area contributed by atoms with E-state index >= 15 is 0 Å². The summed E-state index contributed by atoms with van der Waals surface area (Å²) in [6, 6.07) is 10.5. The van der Waals surface area contributed by atoms with Crippen LogP contribution in [0, 0.1) is 5.92 Å². The van der Waals surface area contributed by atoms with E-state index in [-0.39, 0.29) is 34.4 Å². The Bertz CT molecular complexity index is 1080. The number of phenolic OH excluding ortho intramolecular Hbond substituents is 2. The monoisotopic (exact) mass is 363 g/mol. The van der Waals surface area contributed by atoms with E-state index in [1.807, 2.05) is 24.4 Å². The SMILES string of the molecule is CC[C@H](C)Cn1cc(/C=C2\Oc3cc(O)cc(O)c3C2=O)c2ccccc21. The van der Waals surface area contributed by atoms with Crippen molar-refractivity contribution >= 4 is 22.8 Å². The molecule has 0 radical (unpaired) electrons. The molecular weight excluding hydrogens is 342 g/mol. The average Bonchev–Trinajstić information content (AvgIpc) is 3.13. The number of aromatic nitrogens is 1. The zero-order chi connectivity index (χ0) is 19.1. The number of carbonyl (C=O) groups excluding carboxylic acids is 1. The van der Waals surface area contributed by atoms with Crippen LogP contribution in [0.5, 0.6) is 17.2 Å². The maximum Gasteiger partial charge on any atom is 0.235 e. The molecule has 2 heterocycles. The van der Waals surface area contributed by atoms with Gasteiger partial charge in [0.15, 0.2) is 5.76 Å². The van der Waals surface area contributed by atoms with Crippen molar-refractivity contribution < 1.29 is 19.7 Å². The van der Waals surface area contributed by atoms with Crippen LogP contribution in [0.2, 0.25) is 0 Å². The predicted molar refractivity (Wildman–Crippen MR) is 104 cm³/mol. The molecule has 2 aromatic carbocycles. The summed E-state index contributed by atoms with van der Waals surface area (Å²) in [5.41, 5.74) is 2.07. The van der Waals surface area contributed by atoms with Crippen molar-refractivity contribution in [3.63, 3.8) is 0 Å². The smallest absolute Gasteiger partial charge is 0.235 e. The van der Waals surface area contributed by atoms with Crippen LogP contribution in [0.3, 0.4) is 0 Å².